The molecule has 1 aromatic carbocycles. The summed E-state index contributed by atoms with van der Waals surface area (Å²) in [5, 5.41) is 0. The van der Waals surface area contributed by atoms with Gasteiger partial charge in [0.25, 0.3) is 0 Å². The number of carbonyl (C=O) groups is 1. The second kappa shape index (κ2) is 7.50. The molecule has 0 spiro atoms. The van der Waals surface area contributed by atoms with Crippen LogP contribution in [-0.4, -0.2) is 16.6 Å². The number of aromatic nitrogens is 1. The molecule has 2 rings (SSSR count). The summed E-state index contributed by atoms with van der Waals surface area (Å²) in [6, 6.07) is 4.09. The summed E-state index contributed by atoms with van der Waals surface area (Å²) in [7, 11) is 0. The highest BCUT2D eigenvalue weighted by Crippen LogP contribution is 2.38. The zero-order chi connectivity index (χ0) is 20.4. The van der Waals surface area contributed by atoms with Gasteiger partial charge in [0.2, 0.25) is 0 Å². The van der Waals surface area contributed by atoms with E-state index in [1.165, 1.54) is 29.1 Å². The number of alkyl halides is 6. The second-order valence-electron chi connectivity index (χ2n) is 5.90. The van der Waals surface area contributed by atoms with Gasteiger partial charge >= 0.3 is 18.3 Å². The molecule has 0 amide bonds. The Hall–Kier alpha value is -2.71. The monoisotopic (exact) mass is 391 g/mol. The first-order valence-corrected chi connectivity index (χ1v) is 7.73. The van der Waals surface area contributed by atoms with Crippen molar-refractivity contribution in [2.24, 2.45) is 0 Å². The first-order chi connectivity index (χ1) is 12.4. The fraction of sp³-hybridized carbons (Fsp3) is 0.278. The molecule has 9 heteroatoms. The van der Waals surface area contributed by atoms with E-state index in [0.717, 1.165) is 6.08 Å². The van der Waals surface area contributed by atoms with E-state index in [2.05, 4.69) is 0 Å². The summed E-state index contributed by atoms with van der Waals surface area (Å²) < 4.78 is 84.1. The predicted octanol–water partition coefficient (Wildman–Crippen LogP) is 5.62. The van der Waals surface area contributed by atoms with E-state index < -0.39 is 29.4 Å². The zero-order valence-electron chi connectivity index (χ0n) is 14.2. The minimum atomic E-state index is -4.94. The van der Waals surface area contributed by atoms with Crippen molar-refractivity contribution in [3.8, 4) is 11.3 Å². The topological polar surface area (TPSA) is 31.2 Å². The Morgan fingerprint density at radius 1 is 1.04 bits per heavy atom. The molecular weight excluding hydrogens is 376 g/mol. The van der Waals surface area contributed by atoms with E-state index in [0.29, 0.717) is 12.1 Å². The molecule has 146 valence electrons. The van der Waals surface area contributed by atoms with Gasteiger partial charge < -0.3 is 9.30 Å². The van der Waals surface area contributed by atoms with Crippen LogP contribution in [0.25, 0.3) is 17.5 Å². The van der Waals surface area contributed by atoms with Gasteiger partial charge in [0.05, 0.1) is 22.9 Å². The van der Waals surface area contributed by atoms with Crippen molar-refractivity contribution >= 4 is 12.2 Å². The fourth-order valence-electron chi connectivity index (χ4n) is 2.28. The number of esters is 1. The summed E-state index contributed by atoms with van der Waals surface area (Å²) in [6.07, 6.45) is -6.63. The van der Waals surface area contributed by atoms with Gasteiger partial charge in [-0.05, 0) is 49.7 Å². The average Bonchev–Trinajstić information content (AvgIpc) is 2.98. The number of hydrogen-bond acceptors (Lipinski definition) is 2. The average molecular weight is 391 g/mol. The van der Waals surface area contributed by atoms with Crippen molar-refractivity contribution in [1.82, 2.24) is 4.57 Å². The molecule has 3 nitrogen and oxygen atoms in total. The summed E-state index contributed by atoms with van der Waals surface area (Å²) in [5.74, 6) is -0.690. The smallest absolute Gasteiger partial charge is 0.416 e. The van der Waals surface area contributed by atoms with Crippen molar-refractivity contribution in [2.75, 3.05) is 0 Å². The summed E-state index contributed by atoms with van der Waals surface area (Å²) in [4.78, 5) is 11.5. The van der Waals surface area contributed by atoms with Crippen LogP contribution in [0.3, 0.4) is 0 Å². The highest BCUT2D eigenvalue weighted by Gasteiger charge is 2.37. The number of halogens is 6. The van der Waals surface area contributed by atoms with Crippen molar-refractivity contribution < 1.29 is 35.9 Å². The van der Waals surface area contributed by atoms with Gasteiger partial charge in [-0.1, -0.05) is 0 Å². The second-order valence-corrected chi connectivity index (χ2v) is 5.90. The number of carbonyl (C=O) groups excluding carboxylic acids is 1. The predicted molar refractivity (Wildman–Crippen MR) is 86.4 cm³/mol. The maximum absolute atomic E-state index is 13.0. The van der Waals surface area contributed by atoms with E-state index in [9.17, 15) is 31.1 Å². The molecule has 27 heavy (non-hydrogen) atoms. The van der Waals surface area contributed by atoms with Gasteiger partial charge in [-0.25, -0.2) is 4.79 Å². The molecule has 1 heterocycles. The normalized spacial score (nSPS) is 12.8. The van der Waals surface area contributed by atoms with E-state index in [1.807, 2.05) is 0 Å². The lowest BCUT2D eigenvalue weighted by molar-refractivity contribution is -0.143. The summed E-state index contributed by atoms with van der Waals surface area (Å²) in [6.45, 7) is 3.27. The third-order valence-electron chi connectivity index (χ3n) is 3.39. The van der Waals surface area contributed by atoms with E-state index in [1.54, 1.807) is 13.8 Å². The SMILES string of the molecule is CC(C)OC(=O)C=Cn1cccc1-c1cc(C(F)(F)F)cc(C(F)(F)F)c1. The number of rotatable bonds is 4. The van der Waals surface area contributed by atoms with Gasteiger partial charge in [0, 0.05) is 18.5 Å². The molecular formula is C18H15F6NO2. The molecule has 0 aliphatic carbocycles. The molecule has 0 bridgehead atoms. The van der Waals surface area contributed by atoms with Crippen LogP contribution in [0.5, 0.6) is 0 Å². The summed E-state index contributed by atoms with van der Waals surface area (Å²) >= 11 is 0. The van der Waals surface area contributed by atoms with Crippen LogP contribution >= 0.6 is 0 Å². The lowest BCUT2D eigenvalue weighted by Crippen LogP contribution is -2.11. The van der Waals surface area contributed by atoms with Crippen molar-refractivity contribution in [3.05, 3.63) is 53.7 Å². The van der Waals surface area contributed by atoms with Gasteiger partial charge in [-0.15, -0.1) is 0 Å². The van der Waals surface area contributed by atoms with Crippen LogP contribution in [0.1, 0.15) is 25.0 Å². The van der Waals surface area contributed by atoms with E-state index in [-0.39, 0.29) is 23.4 Å². The van der Waals surface area contributed by atoms with E-state index in [4.69, 9.17) is 4.74 Å². The minimum Gasteiger partial charge on any atom is -0.460 e. The van der Waals surface area contributed by atoms with Crippen molar-refractivity contribution in [1.29, 1.82) is 0 Å². The van der Waals surface area contributed by atoms with E-state index >= 15 is 0 Å². The highest BCUT2D eigenvalue weighted by molar-refractivity contribution is 5.85. The molecule has 0 radical (unpaired) electrons. The zero-order valence-corrected chi connectivity index (χ0v) is 14.2. The Morgan fingerprint density at radius 3 is 2.07 bits per heavy atom. The molecule has 0 N–H and O–H groups in total. The van der Waals surface area contributed by atoms with Crippen LogP contribution in [-0.2, 0) is 21.9 Å². The van der Waals surface area contributed by atoms with Gasteiger partial charge in [0.1, 0.15) is 0 Å². The van der Waals surface area contributed by atoms with Crippen LogP contribution in [0.2, 0.25) is 0 Å². The number of nitrogens with zero attached hydrogens (tertiary/aromatic N) is 1. The molecule has 0 aliphatic heterocycles. The first kappa shape index (κ1) is 20.6. The van der Waals surface area contributed by atoms with Crippen molar-refractivity contribution in [2.45, 2.75) is 32.3 Å². The molecule has 0 unspecified atom stereocenters. The van der Waals surface area contributed by atoms with Gasteiger partial charge in [0.15, 0.2) is 0 Å². The number of benzene rings is 1. The Labute approximate surface area is 150 Å². The largest absolute Gasteiger partial charge is 0.460 e. The lowest BCUT2D eigenvalue weighted by Gasteiger charge is -2.15. The molecule has 0 saturated carbocycles. The van der Waals surface area contributed by atoms with Crippen LogP contribution in [0, 0.1) is 0 Å². The Morgan fingerprint density at radius 2 is 1.59 bits per heavy atom. The third-order valence-corrected chi connectivity index (χ3v) is 3.39. The number of ether oxygens (including phenoxy) is 1. The Bertz CT molecular complexity index is 814. The third kappa shape index (κ3) is 5.38. The Balaban J connectivity index is 2.49. The minimum absolute atomic E-state index is 0.0557. The van der Waals surface area contributed by atoms with Gasteiger partial charge in [-0.2, -0.15) is 26.3 Å². The lowest BCUT2D eigenvalue weighted by atomic mass is 10.0. The Kier molecular flexibility index (Phi) is 5.72. The van der Waals surface area contributed by atoms with Crippen LogP contribution in [0.4, 0.5) is 26.3 Å². The van der Waals surface area contributed by atoms with Crippen molar-refractivity contribution in [3.63, 3.8) is 0 Å². The molecule has 0 aliphatic rings. The fourth-order valence-corrected chi connectivity index (χ4v) is 2.28. The summed E-state index contributed by atoms with van der Waals surface area (Å²) in [5.41, 5.74) is -3.06. The molecule has 0 fully saturated rings. The molecule has 2 aromatic rings. The maximum atomic E-state index is 13.0. The molecule has 0 saturated heterocycles. The standard InChI is InChI=1S/C18H15F6NO2/c1-11(2)27-16(26)5-7-25-6-3-4-15(25)12-8-13(17(19,20)21)10-14(9-12)18(22,23)24/h3-11H,1-2H3. The first-order valence-electron chi connectivity index (χ1n) is 7.73. The maximum Gasteiger partial charge on any atom is 0.416 e. The molecule has 1 aromatic heterocycles. The van der Waals surface area contributed by atoms with Gasteiger partial charge in [-0.3, -0.25) is 0 Å². The quantitative estimate of drug-likeness (QED) is 0.385. The highest BCUT2D eigenvalue weighted by atomic mass is 19.4. The van der Waals surface area contributed by atoms with Crippen LogP contribution in [0.15, 0.2) is 42.6 Å². The number of hydrogen-bond donors (Lipinski definition) is 0. The van der Waals surface area contributed by atoms with Crippen LogP contribution < -0.4 is 0 Å². The molecule has 0 atom stereocenters.